The zero-order chi connectivity index (χ0) is 14.7. The molecule has 2 heterocycles. The van der Waals surface area contributed by atoms with Gasteiger partial charge in [0, 0.05) is 12.5 Å². The number of ether oxygens (including phenoxy) is 1. The van der Waals surface area contributed by atoms with Crippen molar-refractivity contribution >= 4 is 11.6 Å². The number of anilines is 1. The van der Waals surface area contributed by atoms with Crippen molar-refractivity contribution in [2.75, 3.05) is 18.6 Å². The molecule has 1 unspecified atom stereocenters. The van der Waals surface area contributed by atoms with E-state index in [0.717, 1.165) is 12.1 Å². The van der Waals surface area contributed by atoms with Gasteiger partial charge in [0.15, 0.2) is 5.75 Å². The average molecular weight is 273 g/mol. The normalized spacial score (nSPS) is 18.4. The lowest BCUT2D eigenvalue weighted by Crippen LogP contribution is -2.29. The number of nitrogens with zero attached hydrogens (tertiary/aromatic N) is 3. The van der Waals surface area contributed by atoms with Crippen molar-refractivity contribution in [1.29, 1.82) is 5.26 Å². The van der Waals surface area contributed by atoms with Gasteiger partial charge in [-0.1, -0.05) is 13.8 Å². The number of pyridine rings is 1. The molecule has 1 amide bonds. The number of rotatable bonds is 4. The second kappa shape index (κ2) is 5.91. The molecule has 5 nitrogen and oxygen atoms in total. The standard InChI is InChI=1S/C15H19N3O2/c1-10(2)12-5-7-18(15(12)19)13-8-11(4-6-16)17-9-14(13)20-3/h8-10,12H,4-5,7H2,1-3H3. The van der Waals surface area contributed by atoms with Crippen molar-refractivity contribution in [3.63, 3.8) is 0 Å². The highest BCUT2D eigenvalue weighted by Gasteiger charge is 2.35. The number of amides is 1. The second-order valence-electron chi connectivity index (χ2n) is 5.31. The summed E-state index contributed by atoms with van der Waals surface area (Å²) >= 11 is 0. The first-order valence-electron chi connectivity index (χ1n) is 6.79. The monoisotopic (exact) mass is 273 g/mol. The lowest BCUT2D eigenvalue weighted by atomic mass is 9.95. The third kappa shape index (κ3) is 2.60. The molecular weight excluding hydrogens is 254 g/mol. The lowest BCUT2D eigenvalue weighted by molar-refractivity contribution is -0.121. The van der Waals surface area contributed by atoms with Crippen LogP contribution in [0.2, 0.25) is 0 Å². The number of aromatic nitrogens is 1. The van der Waals surface area contributed by atoms with Crippen molar-refractivity contribution in [1.82, 2.24) is 4.98 Å². The highest BCUT2D eigenvalue weighted by molar-refractivity contribution is 5.98. The minimum absolute atomic E-state index is 0.0623. The van der Waals surface area contributed by atoms with E-state index in [4.69, 9.17) is 10.00 Å². The molecule has 106 valence electrons. The fourth-order valence-electron chi connectivity index (χ4n) is 2.58. The molecule has 1 aromatic rings. The molecule has 0 N–H and O–H groups in total. The molecule has 1 aromatic heterocycles. The molecule has 1 atom stereocenters. The summed E-state index contributed by atoms with van der Waals surface area (Å²) in [7, 11) is 1.56. The molecule has 20 heavy (non-hydrogen) atoms. The van der Waals surface area contributed by atoms with Crippen LogP contribution in [0.25, 0.3) is 0 Å². The Kier molecular flexibility index (Phi) is 4.23. The molecule has 0 aromatic carbocycles. The number of hydrogen-bond acceptors (Lipinski definition) is 4. The van der Waals surface area contributed by atoms with Crippen molar-refractivity contribution in [3.05, 3.63) is 18.0 Å². The maximum atomic E-state index is 12.5. The minimum atomic E-state index is 0.0623. The Morgan fingerprint density at radius 1 is 1.60 bits per heavy atom. The first-order chi connectivity index (χ1) is 9.58. The lowest BCUT2D eigenvalue weighted by Gasteiger charge is -2.20. The summed E-state index contributed by atoms with van der Waals surface area (Å²) in [6.45, 7) is 4.82. The van der Waals surface area contributed by atoms with Gasteiger partial charge in [0.25, 0.3) is 0 Å². The Morgan fingerprint density at radius 2 is 2.35 bits per heavy atom. The predicted molar refractivity (Wildman–Crippen MR) is 75.4 cm³/mol. The molecular formula is C15H19N3O2. The van der Waals surface area contributed by atoms with Gasteiger partial charge in [0.05, 0.1) is 37.2 Å². The molecule has 0 radical (unpaired) electrons. The number of methoxy groups -OCH3 is 1. The smallest absolute Gasteiger partial charge is 0.230 e. The molecule has 1 saturated heterocycles. The number of nitriles is 1. The summed E-state index contributed by atoms with van der Waals surface area (Å²) in [6, 6.07) is 3.85. The Labute approximate surface area is 119 Å². The van der Waals surface area contributed by atoms with Gasteiger partial charge in [-0.2, -0.15) is 5.26 Å². The number of carbonyl (C=O) groups excluding carboxylic acids is 1. The summed E-state index contributed by atoms with van der Waals surface area (Å²) in [5.41, 5.74) is 1.38. The molecule has 1 aliphatic rings. The highest BCUT2D eigenvalue weighted by Crippen LogP contribution is 2.35. The third-order valence-corrected chi connectivity index (χ3v) is 3.73. The van der Waals surface area contributed by atoms with Gasteiger partial charge in [-0.25, -0.2) is 0 Å². The van der Waals surface area contributed by atoms with Crippen LogP contribution >= 0.6 is 0 Å². The molecule has 1 aliphatic heterocycles. The van der Waals surface area contributed by atoms with Crippen LogP contribution in [0.1, 0.15) is 26.0 Å². The fourth-order valence-corrected chi connectivity index (χ4v) is 2.58. The van der Waals surface area contributed by atoms with Crippen LogP contribution in [-0.2, 0) is 11.2 Å². The minimum Gasteiger partial charge on any atom is -0.493 e. The van der Waals surface area contributed by atoms with Crippen molar-refractivity contribution < 1.29 is 9.53 Å². The molecule has 1 fully saturated rings. The van der Waals surface area contributed by atoms with E-state index in [9.17, 15) is 4.79 Å². The number of carbonyl (C=O) groups is 1. The van der Waals surface area contributed by atoms with Crippen molar-refractivity contribution in [3.8, 4) is 11.8 Å². The Morgan fingerprint density at radius 3 is 2.90 bits per heavy atom. The second-order valence-corrected chi connectivity index (χ2v) is 5.31. The quantitative estimate of drug-likeness (QED) is 0.843. The fraction of sp³-hybridized carbons (Fsp3) is 0.533. The zero-order valence-electron chi connectivity index (χ0n) is 12.1. The van der Waals surface area contributed by atoms with Crippen LogP contribution in [0.4, 0.5) is 5.69 Å². The van der Waals surface area contributed by atoms with E-state index in [-0.39, 0.29) is 18.2 Å². The van der Waals surface area contributed by atoms with Gasteiger partial charge in [0.2, 0.25) is 5.91 Å². The topological polar surface area (TPSA) is 66.2 Å². The molecule has 0 spiro atoms. The third-order valence-electron chi connectivity index (χ3n) is 3.73. The first-order valence-corrected chi connectivity index (χ1v) is 6.79. The zero-order valence-corrected chi connectivity index (χ0v) is 12.1. The molecule has 0 aliphatic carbocycles. The van der Waals surface area contributed by atoms with E-state index >= 15 is 0 Å². The van der Waals surface area contributed by atoms with E-state index in [0.29, 0.717) is 23.9 Å². The van der Waals surface area contributed by atoms with E-state index in [2.05, 4.69) is 24.9 Å². The Balaban J connectivity index is 2.34. The number of hydrogen-bond donors (Lipinski definition) is 0. The van der Waals surface area contributed by atoms with E-state index in [1.807, 2.05) is 0 Å². The summed E-state index contributed by atoms with van der Waals surface area (Å²) in [5, 5.41) is 8.77. The van der Waals surface area contributed by atoms with Crippen LogP contribution in [0, 0.1) is 23.2 Å². The Bertz CT molecular complexity index is 549. The van der Waals surface area contributed by atoms with Crippen molar-refractivity contribution in [2.45, 2.75) is 26.7 Å². The van der Waals surface area contributed by atoms with Gasteiger partial charge in [-0.15, -0.1) is 0 Å². The van der Waals surface area contributed by atoms with Gasteiger partial charge in [-0.05, 0) is 18.4 Å². The van der Waals surface area contributed by atoms with E-state index in [1.165, 1.54) is 0 Å². The average Bonchev–Trinajstić information content (AvgIpc) is 2.81. The van der Waals surface area contributed by atoms with E-state index in [1.54, 1.807) is 24.3 Å². The highest BCUT2D eigenvalue weighted by atomic mass is 16.5. The van der Waals surface area contributed by atoms with Crippen LogP contribution in [-0.4, -0.2) is 24.5 Å². The van der Waals surface area contributed by atoms with Crippen LogP contribution in [0.15, 0.2) is 12.3 Å². The maximum Gasteiger partial charge on any atom is 0.230 e. The van der Waals surface area contributed by atoms with Gasteiger partial charge in [0.1, 0.15) is 0 Å². The molecule has 2 rings (SSSR count). The summed E-state index contributed by atoms with van der Waals surface area (Å²) in [6.07, 6.45) is 2.67. The summed E-state index contributed by atoms with van der Waals surface area (Å²) in [5.74, 6) is 1.10. The van der Waals surface area contributed by atoms with Crippen LogP contribution in [0.5, 0.6) is 5.75 Å². The predicted octanol–water partition coefficient (Wildman–Crippen LogP) is 2.17. The summed E-state index contributed by atoms with van der Waals surface area (Å²) in [4.78, 5) is 18.4. The molecule has 5 heteroatoms. The Hall–Kier alpha value is -2.09. The van der Waals surface area contributed by atoms with Crippen LogP contribution in [0.3, 0.4) is 0 Å². The molecule has 0 bridgehead atoms. The van der Waals surface area contributed by atoms with Crippen molar-refractivity contribution in [2.24, 2.45) is 11.8 Å². The van der Waals surface area contributed by atoms with Gasteiger partial charge >= 0.3 is 0 Å². The maximum absolute atomic E-state index is 12.5. The largest absolute Gasteiger partial charge is 0.493 e. The first kappa shape index (κ1) is 14.3. The van der Waals surface area contributed by atoms with Crippen LogP contribution < -0.4 is 9.64 Å². The van der Waals surface area contributed by atoms with Gasteiger partial charge in [-0.3, -0.25) is 9.78 Å². The van der Waals surface area contributed by atoms with Gasteiger partial charge < -0.3 is 9.64 Å². The van der Waals surface area contributed by atoms with E-state index < -0.39 is 0 Å². The summed E-state index contributed by atoms with van der Waals surface area (Å²) < 4.78 is 5.30. The SMILES string of the molecule is COc1cnc(CC#N)cc1N1CCC(C(C)C)C1=O. The molecule has 0 saturated carbocycles.